The van der Waals surface area contributed by atoms with Crippen LogP contribution in [0.5, 0.6) is 5.75 Å². The quantitative estimate of drug-likeness (QED) is 0.137. The van der Waals surface area contributed by atoms with Gasteiger partial charge in [0.15, 0.2) is 48.2 Å². The van der Waals surface area contributed by atoms with E-state index in [1.54, 1.807) is 18.1 Å². The Kier molecular flexibility index (Phi) is 11.0. The van der Waals surface area contributed by atoms with E-state index in [2.05, 4.69) is 117 Å². The smallest absolute Gasteiger partial charge is 0.192 e. The third-order valence-corrected chi connectivity index (χ3v) is 25.3. The summed E-state index contributed by atoms with van der Waals surface area (Å²) in [6, 6.07) is 7.70. The lowest BCUT2D eigenvalue weighted by Crippen LogP contribution is -2.54. The number of fused-ring (bicyclic) bond motifs is 1. The third-order valence-electron chi connectivity index (χ3n) is 11.9. The predicted molar refractivity (Wildman–Crippen MR) is 213 cm³/mol. The molecule has 1 aliphatic rings. The largest absolute Gasteiger partial charge is 0.497 e. The van der Waals surface area contributed by atoms with E-state index in [9.17, 15) is 0 Å². The maximum absolute atomic E-state index is 7.37. The van der Waals surface area contributed by atoms with E-state index in [1.807, 2.05) is 35.0 Å². The van der Waals surface area contributed by atoms with Crippen LogP contribution in [-0.2, 0) is 18.0 Å². The van der Waals surface area contributed by atoms with Crippen molar-refractivity contribution in [2.75, 3.05) is 13.7 Å². The zero-order valence-electron chi connectivity index (χ0n) is 34.2. The first-order chi connectivity index (χ1) is 23.9. The molecule has 1 aliphatic heterocycles. The van der Waals surface area contributed by atoms with Gasteiger partial charge in [-0.25, -0.2) is 15.0 Å². The van der Waals surface area contributed by atoms with E-state index in [-0.39, 0.29) is 27.3 Å². The van der Waals surface area contributed by atoms with Crippen molar-refractivity contribution in [1.29, 1.82) is 0 Å². The van der Waals surface area contributed by atoms with Crippen LogP contribution in [0, 0.1) is 0 Å². The molecule has 12 nitrogen and oxygen atoms in total. The first-order valence-electron chi connectivity index (χ1n) is 18.3. The van der Waals surface area contributed by atoms with E-state index in [0.717, 1.165) is 11.3 Å². The average Bonchev–Trinajstić information content (AvgIpc) is 3.76. The Hall–Kier alpha value is -2.80. The molecule has 0 unspecified atom stereocenters. The summed E-state index contributed by atoms with van der Waals surface area (Å²) in [5.74, 6) is 1.29. The van der Waals surface area contributed by atoms with Gasteiger partial charge < -0.3 is 22.8 Å². The van der Waals surface area contributed by atoms with Crippen LogP contribution in [-0.4, -0.2) is 91.5 Å². The molecule has 0 spiro atoms. The minimum atomic E-state index is -2.35. The highest BCUT2D eigenvalue weighted by atomic mass is 28.4. The van der Waals surface area contributed by atoms with Crippen molar-refractivity contribution < 1.29 is 22.8 Å². The van der Waals surface area contributed by atoms with E-state index in [0.29, 0.717) is 29.3 Å². The second-order valence-electron chi connectivity index (χ2n) is 18.6. The van der Waals surface area contributed by atoms with Crippen LogP contribution >= 0.6 is 0 Å². The summed E-state index contributed by atoms with van der Waals surface area (Å²) in [6.07, 6.45) is 3.40. The molecule has 4 aromatic rings. The molecule has 3 aromatic heterocycles. The second-order valence-corrected chi connectivity index (χ2v) is 32.9. The van der Waals surface area contributed by atoms with Gasteiger partial charge in [0.1, 0.15) is 36.1 Å². The number of rotatable bonds is 11. The Morgan fingerprint density at radius 2 is 1.33 bits per heavy atom. The topological polar surface area (TPSA) is 120 Å². The average molecular weight is 768 g/mol. The number of ether oxygens (including phenoxy) is 2. The van der Waals surface area contributed by atoms with Crippen molar-refractivity contribution in [3.05, 3.63) is 43.1 Å². The van der Waals surface area contributed by atoms with Crippen molar-refractivity contribution in [2.45, 2.75) is 141 Å². The fourth-order valence-electron chi connectivity index (χ4n) is 5.33. The number of nitrogens with zero attached hydrogens (tertiary/aromatic N) is 7. The number of imidazole rings is 1. The molecular formula is C37H61N7O5Si3. The minimum Gasteiger partial charge on any atom is -0.497 e. The molecule has 286 valence electrons. The Bertz CT molecular complexity index is 1840. The summed E-state index contributed by atoms with van der Waals surface area (Å²) >= 11 is 0. The van der Waals surface area contributed by atoms with Gasteiger partial charge in [-0.1, -0.05) is 67.5 Å². The standard InChI is InChI=1S/C37H61N7O5Si3/c1-35(2,3)50(11,12)46-22-28-30(48-51(13,14)36(4,5)6)31(49-52(15,16)37(7,8)9)34(47-28)43-24-40-29-32(43)38-23-39-33(29)44-21-27(41-42-44)25-17-19-26(45-10)20-18-25/h17-21,23-24,28,30-31,34H,22H2,1-16H3/t28-,30-,31-,34-/m1/s1. The van der Waals surface area contributed by atoms with Gasteiger partial charge in [0.25, 0.3) is 0 Å². The van der Waals surface area contributed by atoms with Crippen molar-refractivity contribution in [1.82, 2.24) is 34.5 Å². The molecule has 4 atom stereocenters. The molecule has 1 saturated heterocycles. The molecular weight excluding hydrogens is 707 g/mol. The highest BCUT2D eigenvalue weighted by molar-refractivity contribution is 6.75. The Balaban J connectivity index is 1.59. The molecule has 52 heavy (non-hydrogen) atoms. The lowest BCUT2D eigenvalue weighted by atomic mass is 10.1. The summed E-state index contributed by atoms with van der Waals surface area (Å²) in [7, 11) is -5.12. The van der Waals surface area contributed by atoms with Gasteiger partial charge >= 0.3 is 0 Å². The second kappa shape index (κ2) is 14.1. The normalized spacial score (nSPS) is 20.9. The molecule has 1 fully saturated rings. The van der Waals surface area contributed by atoms with Gasteiger partial charge in [-0.2, -0.15) is 4.68 Å². The molecule has 0 radical (unpaired) electrons. The maximum Gasteiger partial charge on any atom is 0.192 e. The Labute approximate surface area is 313 Å². The molecule has 0 amide bonds. The Morgan fingerprint density at radius 1 is 0.750 bits per heavy atom. The predicted octanol–water partition coefficient (Wildman–Crippen LogP) is 8.78. The van der Waals surface area contributed by atoms with Crippen LogP contribution in [0.1, 0.15) is 68.5 Å². The number of methoxy groups -OCH3 is 1. The van der Waals surface area contributed by atoms with Gasteiger partial charge in [0, 0.05) is 5.56 Å². The lowest BCUT2D eigenvalue weighted by Gasteiger charge is -2.44. The SMILES string of the molecule is COc1ccc(-c2cn(-c3ncnc4c3ncn4[C@@H]3O[C@H](CO[Si](C)(C)C(C)(C)C)[C@@H](O[Si](C)(C)C(C)(C)C)[C@H]3O[Si](C)(C)C(C)(C)C)nn2)cc1. The van der Waals surface area contributed by atoms with Crippen molar-refractivity contribution in [3.8, 4) is 22.8 Å². The monoisotopic (exact) mass is 767 g/mol. The van der Waals surface area contributed by atoms with Gasteiger partial charge in [0.2, 0.25) is 0 Å². The van der Waals surface area contributed by atoms with Crippen LogP contribution < -0.4 is 4.74 Å². The minimum absolute atomic E-state index is 0.0241. The van der Waals surface area contributed by atoms with Crippen molar-refractivity contribution >= 4 is 36.1 Å². The van der Waals surface area contributed by atoms with Crippen molar-refractivity contribution in [2.24, 2.45) is 0 Å². The first-order valence-corrected chi connectivity index (χ1v) is 27.0. The number of hydrogen-bond acceptors (Lipinski definition) is 10. The third kappa shape index (κ3) is 8.00. The van der Waals surface area contributed by atoms with Crippen LogP contribution in [0.3, 0.4) is 0 Å². The van der Waals surface area contributed by atoms with Crippen LogP contribution in [0.2, 0.25) is 54.4 Å². The fourth-order valence-corrected chi connectivity index (χ4v) is 8.95. The molecule has 0 bridgehead atoms. The van der Waals surface area contributed by atoms with Gasteiger partial charge in [-0.3, -0.25) is 4.57 Å². The first kappa shape index (κ1) is 40.4. The number of aromatic nitrogens is 7. The molecule has 0 aliphatic carbocycles. The number of hydrogen-bond donors (Lipinski definition) is 0. The van der Waals surface area contributed by atoms with Gasteiger partial charge in [-0.15, -0.1) is 5.10 Å². The Morgan fingerprint density at radius 3 is 1.88 bits per heavy atom. The van der Waals surface area contributed by atoms with E-state index < -0.39 is 37.3 Å². The lowest BCUT2D eigenvalue weighted by molar-refractivity contribution is -0.0470. The summed E-state index contributed by atoms with van der Waals surface area (Å²) in [5.41, 5.74) is 2.79. The highest BCUT2D eigenvalue weighted by Crippen LogP contribution is 2.47. The molecule has 0 N–H and O–H groups in total. The molecule has 5 rings (SSSR count). The van der Waals surface area contributed by atoms with Gasteiger partial charge in [-0.05, 0) is 78.7 Å². The molecule has 15 heteroatoms. The molecule has 0 saturated carbocycles. The van der Waals surface area contributed by atoms with Crippen LogP contribution in [0.15, 0.2) is 43.1 Å². The highest BCUT2D eigenvalue weighted by Gasteiger charge is 2.55. The summed E-state index contributed by atoms with van der Waals surface area (Å²) in [5, 5.41) is 8.83. The maximum atomic E-state index is 7.37. The van der Waals surface area contributed by atoms with Gasteiger partial charge in [0.05, 0.1) is 26.2 Å². The fraction of sp³-hybridized carbons (Fsp3) is 0.649. The zero-order valence-corrected chi connectivity index (χ0v) is 37.2. The molecule has 1 aromatic carbocycles. The van der Waals surface area contributed by atoms with E-state index in [4.69, 9.17) is 32.7 Å². The van der Waals surface area contributed by atoms with E-state index in [1.165, 1.54) is 6.33 Å². The zero-order chi connectivity index (χ0) is 38.7. The summed E-state index contributed by atoms with van der Waals surface area (Å²) < 4.78 is 37.6. The molecule has 4 heterocycles. The van der Waals surface area contributed by atoms with Crippen molar-refractivity contribution in [3.63, 3.8) is 0 Å². The van der Waals surface area contributed by atoms with E-state index >= 15 is 0 Å². The number of benzene rings is 1. The van der Waals surface area contributed by atoms with Crippen LogP contribution in [0.4, 0.5) is 0 Å². The summed E-state index contributed by atoms with van der Waals surface area (Å²) in [4.78, 5) is 14.2. The summed E-state index contributed by atoms with van der Waals surface area (Å²) in [6.45, 7) is 34.5. The van der Waals surface area contributed by atoms with Crippen LogP contribution in [0.25, 0.3) is 28.2 Å².